The van der Waals surface area contributed by atoms with Crippen LogP contribution in [0, 0.1) is 3.57 Å². The van der Waals surface area contributed by atoms with Crippen LogP contribution in [0.3, 0.4) is 0 Å². The second-order valence-electron chi connectivity index (χ2n) is 3.58. The molecule has 2 nitrogen and oxygen atoms in total. The van der Waals surface area contributed by atoms with E-state index in [0.717, 1.165) is 8.04 Å². The van der Waals surface area contributed by atoms with E-state index < -0.39 is 0 Å². The van der Waals surface area contributed by atoms with Crippen LogP contribution in [0.5, 0.6) is 0 Å². The molecule has 2 N–H and O–H groups in total. The third-order valence-electron chi connectivity index (χ3n) is 2.34. The summed E-state index contributed by atoms with van der Waals surface area (Å²) in [4.78, 5) is 12.2. The number of nitrogen functional groups attached to an aromatic ring is 1. The van der Waals surface area contributed by atoms with Crippen molar-refractivity contribution in [2.24, 2.45) is 0 Å². The third kappa shape index (κ3) is 2.87. The summed E-state index contributed by atoms with van der Waals surface area (Å²) in [6.07, 6.45) is 0. The fraction of sp³-hybridized carbons (Fsp3) is 0. The lowest BCUT2D eigenvalue weighted by Gasteiger charge is -2.05. The Morgan fingerprint density at radius 3 is 2.35 bits per heavy atom. The third-order valence-corrected chi connectivity index (χ3v) is 3.72. The maximum absolute atomic E-state index is 12.2. The maximum Gasteiger partial charge on any atom is 0.194 e. The van der Waals surface area contributed by atoms with E-state index in [-0.39, 0.29) is 5.78 Å². The molecule has 0 radical (unpaired) electrons. The van der Waals surface area contributed by atoms with Gasteiger partial charge < -0.3 is 5.73 Å². The van der Waals surface area contributed by atoms with Gasteiger partial charge in [-0.3, -0.25) is 4.79 Å². The first-order valence-corrected chi connectivity index (χ1v) is 6.80. The Morgan fingerprint density at radius 1 is 1.12 bits per heavy atom. The summed E-state index contributed by atoms with van der Waals surface area (Å²) in [6.45, 7) is 0. The second kappa shape index (κ2) is 5.18. The van der Waals surface area contributed by atoms with Gasteiger partial charge in [-0.25, -0.2) is 0 Å². The van der Waals surface area contributed by atoms with Gasteiger partial charge in [0.05, 0.1) is 0 Å². The van der Waals surface area contributed by atoms with Crippen LogP contribution in [0.15, 0.2) is 46.9 Å². The van der Waals surface area contributed by atoms with Gasteiger partial charge in [-0.1, -0.05) is 0 Å². The van der Waals surface area contributed by atoms with Gasteiger partial charge in [0.1, 0.15) is 0 Å². The summed E-state index contributed by atoms with van der Waals surface area (Å²) < 4.78 is 1.83. The number of carbonyl (C=O) groups excluding carboxylic acids is 1. The summed E-state index contributed by atoms with van der Waals surface area (Å²) in [5, 5.41) is 0. The highest BCUT2D eigenvalue weighted by molar-refractivity contribution is 14.1. The molecule has 17 heavy (non-hydrogen) atoms. The second-order valence-corrected chi connectivity index (χ2v) is 5.68. The minimum Gasteiger partial charge on any atom is -0.399 e. The Morgan fingerprint density at radius 2 is 1.76 bits per heavy atom. The first kappa shape index (κ1) is 12.6. The number of carbonyl (C=O) groups is 1. The van der Waals surface area contributed by atoms with Crippen molar-refractivity contribution in [1.29, 1.82) is 0 Å². The molecule has 0 fully saturated rings. The first-order chi connectivity index (χ1) is 8.08. The van der Waals surface area contributed by atoms with Crippen molar-refractivity contribution >= 4 is 50.0 Å². The van der Waals surface area contributed by atoms with Crippen LogP contribution in [0.2, 0.25) is 0 Å². The molecule has 0 saturated heterocycles. The molecule has 0 aromatic heterocycles. The highest BCUT2D eigenvalue weighted by atomic mass is 127. The lowest BCUT2D eigenvalue weighted by atomic mass is 10.0. The Labute approximate surface area is 121 Å². The van der Waals surface area contributed by atoms with Gasteiger partial charge in [0.15, 0.2) is 5.78 Å². The minimum atomic E-state index is -0.00623. The number of nitrogens with two attached hydrogens (primary N) is 1. The number of rotatable bonds is 2. The number of hydrogen-bond acceptors (Lipinski definition) is 2. The molecule has 0 atom stereocenters. The molecule has 2 aromatic carbocycles. The Kier molecular flexibility index (Phi) is 3.83. The van der Waals surface area contributed by atoms with Crippen molar-refractivity contribution < 1.29 is 4.79 Å². The van der Waals surface area contributed by atoms with Crippen LogP contribution in [0.4, 0.5) is 5.69 Å². The predicted molar refractivity (Wildman–Crippen MR) is 81.1 cm³/mol. The smallest absolute Gasteiger partial charge is 0.194 e. The molecule has 4 heteroatoms. The molecule has 0 bridgehead atoms. The van der Waals surface area contributed by atoms with Crippen LogP contribution in [0.1, 0.15) is 15.9 Å². The fourth-order valence-electron chi connectivity index (χ4n) is 1.47. The number of anilines is 1. The summed E-state index contributed by atoms with van der Waals surface area (Å²) >= 11 is 5.57. The van der Waals surface area contributed by atoms with Gasteiger partial charge >= 0.3 is 0 Å². The molecule has 0 aliphatic carbocycles. The van der Waals surface area contributed by atoms with Crippen LogP contribution in [-0.4, -0.2) is 5.78 Å². The van der Waals surface area contributed by atoms with Crippen molar-refractivity contribution in [2.75, 3.05) is 5.73 Å². The highest BCUT2D eigenvalue weighted by Crippen LogP contribution is 2.23. The molecule has 0 unspecified atom stereocenters. The molecule has 2 aromatic rings. The minimum absolute atomic E-state index is 0.00623. The first-order valence-electron chi connectivity index (χ1n) is 4.93. The Balaban J connectivity index is 2.40. The Bertz CT molecular complexity index is 566. The molecule has 0 aliphatic rings. The quantitative estimate of drug-likeness (QED) is 0.471. The number of hydrogen-bond donors (Lipinski definition) is 1. The standard InChI is InChI=1S/C13H9BrINO/c14-12-7-10(16)5-6-11(12)13(17)8-1-3-9(15)4-2-8/h1-7H,16H2. The molecular formula is C13H9BrINO. The molecule has 86 valence electrons. The Hall–Kier alpha value is -0.880. The van der Waals surface area contributed by atoms with Gasteiger partial charge in [0.2, 0.25) is 0 Å². The SMILES string of the molecule is Nc1ccc(C(=O)c2ccc(I)cc2)c(Br)c1. The number of halogens is 2. The normalized spacial score (nSPS) is 10.2. The van der Waals surface area contributed by atoms with E-state index in [1.54, 1.807) is 18.2 Å². The van der Waals surface area contributed by atoms with Gasteiger partial charge in [0, 0.05) is 24.9 Å². The lowest BCUT2D eigenvalue weighted by molar-refractivity contribution is 0.103. The lowest BCUT2D eigenvalue weighted by Crippen LogP contribution is -2.02. The molecule has 0 saturated carbocycles. The van der Waals surface area contributed by atoms with Crippen LogP contribution >= 0.6 is 38.5 Å². The highest BCUT2D eigenvalue weighted by Gasteiger charge is 2.12. The van der Waals surface area contributed by atoms with Crippen LogP contribution < -0.4 is 5.73 Å². The van der Waals surface area contributed by atoms with Gasteiger partial charge in [-0.2, -0.15) is 0 Å². The summed E-state index contributed by atoms with van der Waals surface area (Å²) in [6, 6.07) is 12.7. The van der Waals surface area contributed by atoms with E-state index >= 15 is 0 Å². The van der Waals surface area contributed by atoms with Crippen molar-refractivity contribution in [1.82, 2.24) is 0 Å². The fourth-order valence-corrected chi connectivity index (χ4v) is 2.41. The van der Waals surface area contributed by atoms with E-state index in [9.17, 15) is 4.79 Å². The molecular weight excluding hydrogens is 393 g/mol. The van der Waals surface area contributed by atoms with Gasteiger partial charge in [0.25, 0.3) is 0 Å². The molecule has 2 rings (SSSR count). The van der Waals surface area contributed by atoms with Gasteiger partial charge in [-0.15, -0.1) is 0 Å². The van der Waals surface area contributed by atoms with Gasteiger partial charge in [-0.05, 0) is 81.0 Å². The van der Waals surface area contributed by atoms with Crippen molar-refractivity contribution in [2.45, 2.75) is 0 Å². The molecule has 0 heterocycles. The van der Waals surface area contributed by atoms with E-state index in [2.05, 4.69) is 38.5 Å². The van der Waals surface area contributed by atoms with E-state index in [4.69, 9.17) is 5.73 Å². The van der Waals surface area contributed by atoms with Crippen molar-refractivity contribution in [3.05, 3.63) is 61.6 Å². The molecule has 0 aliphatic heterocycles. The number of benzene rings is 2. The summed E-state index contributed by atoms with van der Waals surface area (Å²) in [5.41, 5.74) is 7.58. The average Bonchev–Trinajstić information content (AvgIpc) is 2.29. The largest absolute Gasteiger partial charge is 0.399 e. The maximum atomic E-state index is 12.2. The summed E-state index contributed by atoms with van der Waals surface area (Å²) in [7, 11) is 0. The zero-order valence-electron chi connectivity index (χ0n) is 8.78. The molecule has 0 amide bonds. The predicted octanol–water partition coefficient (Wildman–Crippen LogP) is 3.87. The topological polar surface area (TPSA) is 43.1 Å². The zero-order chi connectivity index (χ0) is 12.4. The van der Waals surface area contributed by atoms with E-state index in [0.29, 0.717) is 16.8 Å². The van der Waals surface area contributed by atoms with Crippen molar-refractivity contribution in [3.8, 4) is 0 Å². The zero-order valence-corrected chi connectivity index (χ0v) is 12.5. The average molecular weight is 402 g/mol. The van der Waals surface area contributed by atoms with Crippen molar-refractivity contribution in [3.63, 3.8) is 0 Å². The van der Waals surface area contributed by atoms with Crippen LogP contribution in [-0.2, 0) is 0 Å². The monoisotopic (exact) mass is 401 g/mol. The van der Waals surface area contributed by atoms with E-state index in [1.165, 1.54) is 0 Å². The van der Waals surface area contributed by atoms with E-state index in [1.807, 2.05) is 24.3 Å². The molecule has 0 spiro atoms. The van der Waals surface area contributed by atoms with Crippen LogP contribution in [0.25, 0.3) is 0 Å². The summed E-state index contributed by atoms with van der Waals surface area (Å²) in [5.74, 6) is -0.00623. The number of ketones is 1.